The van der Waals surface area contributed by atoms with Gasteiger partial charge in [0.2, 0.25) is 6.10 Å². The molecule has 0 aromatic heterocycles. The van der Waals surface area contributed by atoms with Crippen LogP contribution < -0.4 is 4.74 Å². The van der Waals surface area contributed by atoms with Gasteiger partial charge in [-0.1, -0.05) is 50.3 Å². The molecule has 0 unspecified atom stereocenters. The van der Waals surface area contributed by atoms with Crippen LogP contribution in [0.1, 0.15) is 31.9 Å². The Labute approximate surface area is 200 Å². The first-order valence-corrected chi connectivity index (χ1v) is 10.9. The lowest BCUT2D eigenvalue weighted by atomic mass is 10.1. The number of carbonyl (C=O) groups is 2. The molecule has 1 fully saturated rings. The Bertz CT molecular complexity index is 1120. The number of alkyl halides is 3. The smallest absolute Gasteiger partial charge is 0.392 e. The number of nitriles is 1. The molecule has 0 N–H and O–H groups in total. The Hall–Kier alpha value is -3.80. The molecule has 0 aliphatic heterocycles. The summed E-state index contributed by atoms with van der Waals surface area (Å²) < 4.78 is 52.2. The van der Waals surface area contributed by atoms with Gasteiger partial charge in [-0.3, -0.25) is 4.79 Å². The first-order valence-electron chi connectivity index (χ1n) is 10.9. The zero-order valence-electron chi connectivity index (χ0n) is 19.1. The van der Waals surface area contributed by atoms with E-state index >= 15 is 0 Å². The normalized spacial score (nSPS) is 19.4. The van der Waals surface area contributed by atoms with Gasteiger partial charge < -0.3 is 14.2 Å². The van der Waals surface area contributed by atoms with Crippen LogP contribution in [0.4, 0.5) is 13.2 Å². The van der Waals surface area contributed by atoms with E-state index in [1.54, 1.807) is 50.2 Å². The zero-order valence-corrected chi connectivity index (χ0v) is 19.1. The van der Waals surface area contributed by atoms with E-state index in [1.807, 2.05) is 24.3 Å². The van der Waals surface area contributed by atoms with E-state index in [9.17, 15) is 28.0 Å². The summed E-state index contributed by atoms with van der Waals surface area (Å²) in [6.45, 7) is 2.81. The lowest BCUT2D eigenvalue weighted by molar-refractivity contribution is -0.155. The molecule has 6 nitrogen and oxygen atoms in total. The number of nitrogens with zero attached hydrogens (tertiary/aromatic N) is 1. The molecule has 2 aromatic carbocycles. The van der Waals surface area contributed by atoms with Gasteiger partial charge in [0.15, 0.2) is 0 Å². The van der Waals surface area contributed by atoms with Crippen molar-refractivity contribution in [1.82, 2.24) is 0 Å². The molecule has 0 spiro atoms. The quantitative estimate of drug-likeness (QED) is 0.323. The van der Waals surface area contributed by atoms with Gasteiger partial charge in [-0.15, -0.1) is 0 Å². The second-order valence-corrected chi connectivity index (χ2v) is 8.65. The number of halogens is 3. The summed E-state index contributed by atoms with van der Waals surface area (Å²) in [6.07, 6.45) is -4.37. The van der Waals surface area contributed by atoms with Crippen molar-refractivity contribution < 1.29 is 37.0 Å². The lowest BCUT2D eigenvalue weighted by Crippen LogP contribution is -2.14. The molecule has 3 atom stereocenters. The van der Waals surface area contributed by atoms with E-state index < -0.39 is 54.5 Å². The summed E-state index contributed by atoms with van der Waals surface area (Å²) in [5.74, 6) is -1.47. The van der Waals surface area contributed by atoms with Gasteiger partial charge in [-0.25, -0.2) is 4.79 Å². The molecular weight excluding hydrogens is 463 g/mol. The van der Waals surface area contributed by atoms with E-state index in [0.717, 1.165) is 6.08 Å². The van der Waals surface area contributed by atoms with Crippen molar-refractivity contribution in [3.05, 3.63) is 72.3 Å². The SMILES string of the molecule is CC1(C)[C@H](C(=O)O[C@H](C#N)c2cccc(Oc3ccccc3)c2)[C@@H]1/C=C\C(=O)OCCC(F)(F)F. The minimum atomic E-state index is -4.41. The molecule has 35 heavy (non-hydrogen) atoms. The van der Waals surface area contributed by atoms with E-state index in [0.29, 0.717) is 17.1 Å². The Morgan fingerprint density at radius 2 is 1.80 bits per heavy atom. The summed E-state index contributed by atoms with van der Waals surface area (Å²) in [5.41, 5.74) is -0.119. The van der Waals surface area contributed by atoms with Crippen molar-refractivity contribution in [2.24, 2.45) is 17.3 Å². The van der Waals surface area contributed by atoms with Gasteiger partial charge in [-0.2, -0.15) is 18.4 Å². The molecule has 1 saturated carbocycles. The Morgan fingerprint density at radius 1 is 1.11 bits per heavy atom. The van der Waals surface area contributed by atoms with Crippen LogP contribution in [0.25, 0.3) is 0 Å². The number of allylic oxidation sites excluding steroid dienone is 1. The van der Waals surface area contributed by atoms with Crippen LogP contribution in [0.15, 0.2) is 66.7 Å². The van der Waals surface area contributed by atoms with Crippen LogP contribution >= 0.6 is 0 Å². The summed E-state index contributed by atoms with van der Waals surface area (Å²) in [4.78, 5) is 24.5. The maximum Gasteiger partial charge on any atom is 0.392 e. The molecule has 184 valence electrons. The highest BCUT2D eigenvalue weighted by atomic mass is 19.4. The van der Waals surface area contributed by atoms with Gasteiger partial charge >= 0.3 is 18.1 Å². The van der Waals surface area contributed by atoms with Crippen molar-refractivity contribution in [2.75, 3.05) is 6.61 Å². The number of hydrogen-bond donors (Lipinski definition) is 0. The number of carbonyl (C=O) groups excluding carboxylic acids is 2. The number of para-hydroxylation sites is 1. The Kier molecular flexibility index (Phi) is 7.85. The molecule has 3 rings (SSSR count). The average Bonchev–Trinajstić information content (AvgIpc) is 3.36. The maximum absolute atomic E-state index is 12.8. The predicted octanol–water partition coefficient (Wildman–Crippen LogP) is 5.91. The Morgan fingerprint density at radius 3 is 2.46 bits per heavy atom. The third-order valence-electron chi connectivity index (χ3n) is 5.73. The summed E-state index contributed by atoms with van der Waals surface area (Å²) in [5, 5.41) is 9.60. The van der Waals surface area contributed by atoms with Crippen molar-refractivity contribution in [3.8, 4) is 17.6 Å². The second-order valence-electron chi connectivity index (χ2n) is 8.65. The predicted molar refractivity (Wildman–Crippen MR) is 119 cm³/mol. The largest absolute Gasteiger partial charge is 0.462 e. The average molecular weight is 487 g/mol. The second kappa shape index (κ2) is 10.6. The highest BCUT2D eigenvalue weighted by Crippen LogP contribution is 2.59. The highest BCUT2D eigenvalue weighted by Gasteiger charge is 2.61. The third kappa shape index (κ3) is 7.09. The Balaban J connectivity index is 1.59. The molecule has 0 bridgehead atoms. The van der Waals surface area contributed by atoms with Crippen LogP contribution in [0.2, 0.25) is 0 Å². The van der Waals surface area contributed by atoms with Crippen molar-refractivity contribution in [3.63, 3.8) is 0 Å². The molecule has 0 saturated heterocycles. The van der Waals surface area contributed by atoms with E-state index in [2.05, 4.69) is 4.74 Å². The molecule has 0 heterocycles. The third-order valence-corrected chi connectivity index (χ3v) is 5.73. The van der Waals surface area contributed by atoms with Crippen LogP contribution in [-0.4, -0.2) is 24.7 Å². The summed E-state index contributed by atoms with van der Waals surface area (Å²) >= 11 is 0. The van der Waals surface area contributed by atoms with Crippen molar-refractivity contribution >= 4 is 11.9 Å². The lowest BCUT2D eigenvalue weighted by Gasteiger charge is -2.13. The molecule has 0 radical (unpaired) electrons. The molecule has 0 amide bonds. The van der Waals surface area contributed by atoms with Crippen LogP contribution in [0, 0.1) is 28.6 Å². The molecule has 1 aliphatic carbocycles. The van der Waals surface area contributed by atoms with Gasteiger partial charge in [0.1, 0.15) is 24.2 Å². The monoisotopic (exact) mass is 487 g/mol. The van der Waals surface area contributed by atoms with Gasteiger partial charge in [0.05, 0.1) is 12.3 Å². The molecule has 9 heteroatoms. The van der Waals surface area contributed by atoms with Crippen molar-refractivity contribution in [2.45, 2.75) is 32.5 Å². The topological polar surface area (TPSA) is 85.6 Å². The highest BCUT2D eigenvalue weighted by molar-refractivity contribution is 5.83. The first kappa shape index (κ1) is 25.8. The fraction of sp³-hybridized carbons (Fsp3) is 0.346. The maximum atomic E-state index is 12.8. The van der Waals surface area contributed by atoms with Gasteiger partial charge in [0, 0.05) is 11.6 Å². The van der Waals surface area contributed by atoms with E-state index in [-0.39, 0.29) is 0 Å². The van der Waals surface area contributed by atoms with E-state index in [4.69, 9.17) is 9.47 Å². The number of benzene rings is 2. The minimum Gasteiger partial charge on any atom is -0.462 e. The zero-order chi connectivity index (χ0) is 25.6. The minimum absolute atomic E-state index is 0.391. The van der Waals surface area contributed by atoms with Crippen LogP contribution in [0.5, 0.6) is 11.5 Å². The number of esters is 2. The molecule has 2 aromatic rings. The standard InChI is InChI=1S/C26H24F3NO5/c1-25(2)20(11-12-22(31)33-14-13-26(27,28)29)23(25)24(32)35-21(16-30)17-7-6-10-19(15-17)34-18-8-4-3-5-9-18/h3-12,15,20-21,23H,13-14H2,1-2H3/b12-11-/t20-,21+,23-/m0/s1. The van der Waals surface area contributed by atoms with Crippen molar-refractivity contribution in [1.29, 1.82) is 5.26 Å². The number of hydrogen-bond acceptors (Lipinski definition) is 6. The fourth-order valence-electron chi connectivity index (χ4n) is 3.71. The van der Waals surface area contributed by atoms with Crippen LogP contribution in [-0.2, 0) is 19.1 Å². The van der Waals surface area contributed by atoms with Gasteiger partial charge in [-0.05, 0) is 35.6 Å². The number of rotatable bonds is 9. The number of ether oxygens (including phenoxy) is 3. The van der Waals surface area contributed by atoms with Crippen LogP contribution in [0.3, 0.4) is 0 Å². The first-order chi connectivity index (χ1) is 16.5. The molecule has 1 aliphatic rings. The summed E-state index contributed by atoms with van der Waals surface area (Å²) in [6, 6.07) is 17.7. The fourth-order valence-corrected chi connectivity index (χ4v) is 3.71. The molecular formula is C26H24F3NO5. The van der Waals surface area contributed by atoms with E-state index in [1.165, 1.54) is 6.08 Å². The summed E-state index contributed by atoms with van der Waals surface area (Å²) in [7, 11) is 0. The van der Waals surface area contributed by atoms with Gasteiger partial charge in [0.25, 0.3) is 0 Å².